The predicted molar refractivity (Wildman–Crippen MR) is 128 cm³/mol. The Hall–Kier alpha value is -1.75. The van der Waals surface area contributed by atoms with Gasteiger partial charge in [-0.1, -0.05) is 61.3 Å². The monoisotopic (exact) mass is 462 g/mol. The van der Waals surface area contributed by atoms with Gasteiger partial charge in [0.2, 0.25) is 0 Å². The van der Waals surface area contributed by atoms with Crippen LogP contribution < -0.4 is 0 Å². The number of amides is 1. The molecule has 2 aromatic rings. The summed E-state index contributed by atoms with van der Waals surface area (Å²) in [6, 6.07) is 16.3. The third kappa shape index (κ3) is 6.15. The standard InChI is InChI=1S/C25H32Cl2N2O2/c1-17(2)22-16-28(24(30)31-25(3,4)5)14-15-29(22)23(18-6-10-20(26)11-7-18)19-8-12-21(27)13-9-19/h6-13,17,22-23H,14-16H2,1-5H3. The van der Waals surface area contributed by atoms with E-state index in [1.807, 2.05) is 49.9 Å². The van der Waals surface area contributed by atoms with Crippen LogP contribution in [0.2, 0.25) is 10.0 Å². The first-order valence-corrected chi connectivity index (χ1v) is 11.6. The zero-order valence-electron chi connectivity index (χ0n) is 18.9. The largest absolute Gasteiger partial charge is 0.444 e. The van der Waals surface area contributed by atoms with E-state index < -0.39 is 5.60 Å². The third-order valence-electron chi connectivity index (χ3n) is 5.59. The summed E-state index contributed by atoms with van der Waals surface area (Å²) in [5.74, 6) is 0.354. The Bertz CT molecular complexity index is 830. The van der Waals surface area contributed by atoms with Crippen molar-refractivity contribution in [1.29, 1.82) is 0 Å². The number of nitrogens with zero attached hydrogens (tertiary/aromatic N) is 2. The Morgan fingerprint density at radius 2 is 1.42 bits per heavy atom. The van der Waals surface area contributed by atoms with Crippen LogP contribution in [0.3, 0.4) is 0 Å². The van der Waals surface area contributed by atoms with E-state index in [-0.39, 0.29) is 18.2 Å². The fourth-order valence-electron chi connectivity index (χ4n) is 4.10. The number of ether oxygens (including phenoxy) is 1. The molecule has 1 aliphatic heterocycles. The number of piperazine rings is 1. The molecule has 1 saturated heterocycles. The Morgan fingerprint density at radius 1 is 0.935 bits per heavy atom. The highest BCUT2D eigenvalue weighted by atomic mass is 35.5. The van der Waals surface area contributed by atoms with Crippen LogP contribution in [0.1, 0.15) is 51.8 Å². The first-order valence-electron chi connectivity index (χ1n) is 10.8. The lowest BCUT2D eigenvalue weighted by Gasteiger charge is -2.47. The lowest BCUT2D eigenvalue weighted by atomic mass is 9.91. The fraction of sp³-hybridized carbons (Fsp3) is 0.480. The van der Waals surface area contributed by atoms with Gasteiger partial charge in [-0.2, -0.15) is 0 Å². The average Bonchev–Trinajstić information content (AvgIpc) is 2.69. The normalized spacial score (nSPS) is 18.0. The van der Waals surface area contributed by atoms with Crippen molar-refractivity contribution < 1.29 is 9.53 Å². The molecule has 6 heteroatoms. The smallest absolute Gasteiger partial charge is 0.410 e. The van der Waals surface area contributed by atoms with E-state index >= 15 is 0 Å². The van der Waals surface area contributed by atoms with Crippen LogP contribution in [0.4, 0.5) is 4.79 Å². The molecular formula is C25H32Cl2N2O2. The van der Waals surface area contributed by atoms with Crippen molar-refractivity contribution in [3.05, 3.63) is 69.7 Å². The van der Waals surface area contributed by atoms with E-state index in [0.29, 0.717) is 29.1 Å². The maximum absolute atomic E-state index is 12.7. The second-order valence-electron chi connectivity index (χ2n) is 9.48. The van der Waals surface area contributed by atoms with Gasteiger partial charge < -0.3 is 9.64 Å². The molecule has 4 nitrogen and oxygen atoms in total. The number of hydrogen-bond donors (Lipinski definition) is 0. The molecule has 0 aliphatic carbocycles. The number of halogens is 2. The zero-order valence-corrected chi connectivity index (χ0v) is 20.5. The third-order valence-corrected chi connectivity index (χ3v) is 6.09. The SMILES string of the molecule is CC(C)C1CN(C(=O)OC(C)(C)C)CCN1C(c1ccc(Cl)cc1)c1ccc(Cl)cc1. The quantitative estimate of drug-likeness (QED) is 0.508. The molecule has 0 bridgehead atoms. The fourth-order valence-corrected chi connectivity index (χ4v) is 4.35. The first kappa shape index (κ1) is 23.9. The first-order chi connectivity index (χ1) is 14.5. The Morgan fingerprint density at radius 3 is 1.84 bits per heavy atom. The van der Waals surface area contributed by atoms with Crippen molar-refractivity contribution in [2.45, 2.75) is 52.3 Å². The summed E-state index contributed by atoms with van der Waals surface area (Å²) in [7, 11) is 0. The molecule has 0 radical (unpaired) electrons. The van der Waals surface area contributed by atoms with Gasteiger partial charge >= 0.3 is 6.09 Å². The van der Waals surface area contributed by atoms with Gasteiger partial charge in [-0.05, 0) is 62.1 Å². The van der Waals surface area contributed by atoms with Crippen LogP contribution in [0.15, 0.2) is 48.5 Å². The summed E-state index contributed by atoms with van der Waals surface area (Å²) in [6.07, 6.45) is -0.243. The van der Waals surface area contributed by atoms with Crippen molar-refractivity contribution in [3.8, 4) is 0 Å². The zero-order chi connectivity index (χ0) is 22.8. The topological polar surface area (TPSA) is 32.8 Å². The van der Waals surface area contributed by atoms with Gasteiger partial charge in [-0.3, -0.25) is 4.90 Å². The van der Waals surface area contributed by atoms with Crippen LogP contribution in [0.5, 0.6) is 0 Å². The van der Waals surface area contributed by atoms with E-state index in [1.165, 1.54) is 11.1 Å². The van der Waals surface area contributed by atoms with Crippen LogP contribution >= 0.6 is 23.2 Å². The van der Waals surface area contributed by atoms with E-state index in [2.05, 4.69) is 43.0 Å². The van der Waals surface area contributed by atoms with Gasteiger partial charge in [0.25, 0.3) is 0 Å². The summed E-state index contributed by atoms with van der Waals surface area (Å²) >= 11 is 12.3. The van der Waals surface area contributed by atoms with Crippen molar-refractivity contribution in [2.75, 3.05) is 19.6 Å². The van der Waals surface area contributed by atoms with Crippen LogP contribution in [0.25, 0.3) is 0 Å². The molecule has 168 valence electrons. The van der Waals surface area contributed by atoms with Gasteiger partial charge in [0, 0.05) is 35.7 Å². The molecular weight excluding hydrogens is 431 g/mol. The molecule has 1 amide bonds. The summed E-state index contributed by atoms with van der Waals surface area (Å²) < 4.78 is 5.64. The maximum atomic E-state index is 12.7. The average molecular weight is 463 g/mol. The minimum absolute atomic E-state index is 0.0442. The highest BCUT2D eigenvalue weighted by Gasteiger charge is 2.37. The number of carbonyl (C=O) groups excluding carboxylic acids is 1. The maximum Gasteiger partial charge on any atom is 0.410 e. The van der Waals surface area contributed by atoms with Gasteiger partial charge in [0.15, 0.2) is 0 Å². The van der Waals surface area contributed by atoms with Crippen LogP contribution in [0, 0.1) is 5.92 Å². The molecule has 1 atom stereocenters. The van der Waals surface area contributed by atoms with E-state index in [0.717, 1.165) is 6.54 Å². The van der Waals surface area contributed by atoms with Gasteiger partial charge in [-0.25, -0.2) is 4.79 Å². The van der Waals surface area contributed by atoms with Crippen molar-refractivity contribution in [2.24, 2.45) is 5.92 Å². The van der Waals surface area contributed by atoms with Crippen molar-refractivity contribution in [3.63, 3.8) is 0 Å². The van der Waals surface area contributed by atoms with Gasteiger partial charge in [-0.15, -0.1) is 0 Å². The second kappa shape index (κ2) is 9.81. The van der Waals surface area contributed by atoms with E-state index in [9.17, 15) is 4.79 Å². The number of benzene rings is 2. The highest BCUT2D eigenvalue weighted by molar-refractivity contribution is 6.30. The molecule has 1 fully saturated rings. The predicted octanol–water partition coefficient (Wildman–Crippen LogP) is 6.66. The lowest BCUT2D eigenvalue weighted by Crippen LogP contribution is -2.58. The molecule has 1 heterocycles. The second-order valence-corrected chi connectivity index (χ2v) is 10.4. The molecule has 2 aromatic carbocycles. The minimum atomic E-state index is -0.503. The number of carbonyl (C=O) groups is 1. The highest BCUT2D eigenvalue weighted by Crippen LogP contribution is 2.35. The molecule has 1 aliphatic rings. The summed E-state index contributed by atoms with van der Waals surface area (Å²) in [4.78, 5) is 17.1. The lowest BCUT2D eigenvalue weighted by molar-refractivity contribution is -0.00949. The molecule has 0 N–H and O–H groups in total. The van der Waals surface area contributed by atoms with Crippen LogP contribution in [-0.4, -0.2) is 47.2 Å². The number of hydrogen-bond acceptors (Lipinski definition) is 3. The van der Waals surface area contributed by atoms with Crippen molar-refractivity contribution >= 4 is 29.3 Å². The molecule has 3 rings (SSSR count). The molecule has 0 spiro atoms. The molecule has 0 aromatic heterocycles. The minimum Gasteiger partial charge on any atom is -0.444 e. The summed E-state index contributed by atoms with van der Waals surface area (Å²) in [5, 5.41) is 1.43. The van der Waals surface area contributed by atoms with Gasteiger partial charge in [0.1, 0.15) is 5.60 Å². The molecule has 1 unspecified atom stereocenters. The Kier molecular flexibility index (Phi) is 7.56. The summed E-state index contributed by atoms with van der Waals surface area (Å²) in [6.45, 7) is 12.1. The van der Waals surface area contributed by atoms with Crippen LogP contribution in [-0.2, 0) is 4.74 Å². The van der Waals surface area contributed by atoms with Gasteiger partial charge in [0.05, 0.1) is 6.04 Å². The summed E-state index contributed by atoms with van der Waals surface area (Å²) in [5.41, 5.74) is 1.84. The molecule has 0 saturated carbocycles. The van der Waals surface area contributed by atoms with E-state index in [1.54, 1.807) is 0 Å². The molecule has 31 heavy (non-hydrogen) atoms. The van der Waals surface area contributed by atoms with E-state index in [4.69, 9.17) is 27.9 Å². The Labute approximate surface area is 196 Å². The Balaban J connectivity index is 1.93. The van der Waals surface area contributed by atoms with Crippen molar-refractivity contribution in [1.82, 2.24) is 9.80 Å². The number of rotatable bonds is 4.